The van der Waals surface area contributed by atoms with Crippen LogP contribution < -0.4 is 0 Å². The molecule has 2 aliphatic heterocycles. The maximum atomic E-state index is 5.55. The maximum absolute atomic E-state index is 5.55. The fourth-order valence-electron chi connectivity index (χ4n) is 4.04. The predicted molar refractivity (Wildman–Crippen MR) is 90.7 cm³/mol. The standard InChI is InChI=1S/C18H26N4O/c1-2-21-10-5-15(6-11-21)22-17(14-7-12-23-13-8-14)20-16-4-3-9-19-18(16)22/h3-4,9,14-15H,2,5-8,10-13H2,1H3. The van der Waals surface area contributed by atoms with Crippen molar-refractivity contribution in [2.75, 3.05) is 32.8 Å². The third kappa shape index (κ3) is 2.88. The minimum Gasteiger partial charge on any atom is -0.381 e. The highest BCUT2D eigenvalue weighted by molar-refractivity contribution is 5.71. The molecule has 2 saturated heterocycles. The molecule has 0 unspecified atom stereocenters. The lowest BCUT2D eigenvalue weighted by atomic mass is 9.97. The van der Waals surface area contributed by atoms with Crippen LogP contribution in [-0.4, -0.2) is 52.3 Å². The van der Waals surface area contributed by atoms with Crippen molar-refractivity contribution in [2.24, 2.45) is 0 Å². The first-order valence-corrected chi connectivity index (χ1v) is 8.99. The summed E-state index contributed by atoms with van der Waals surface area (Å²) in [4.78, 5) is 12.2. The molecule has 2 aromatic rings. The number of hydrogen-bond acceptors (Lipinski definition) is 4. The molecular weight excluding hydrogens is 288 g/mol. The van der Waals surface area contributed by atoms with Crippen LogP contribution >= 0.6 is 0 Å². The van der Waals surface area contributed by atoms with Crippen molar-refractivity contribution in [3.05, 3.63) is 24.2 Å². The number of fused-ring (bicyclic) bond motifs is 1. The van der Waals surface area contributed by atoms with Gasteiger partial charge in [-0.05, 0) is 44.4 Å². The van der Waals surface area contributed by atoms with E-state index in [2.05, 4.69) is 27.4 Å². The molecule has 4 rings (SSSR count). The van der Waals surface area contributed by atoms with E-state index in [0.29, 0.717) is 12.0 Å². The van der Waals surface area contributed by atoms with Crippen LogP contribution in [0.4, 0.5) is 0 Å². The maximum Gasteiger partial charge on any atom is 0.160 e. The van der Waals surface area contributed by atoms with Crippen LogP contribution in [0.25, 0.3) is 11.2 Å². The zero-order chi connectivity index (χ0) is 15.6. The Hall–Kier alpha value is -1.46. The second-order valence-electron chi connectivity index (χ2n) is 6.74. The molecule has 124 valence electrons. The van der Waals surface area contributed by atoms with E-state index in [1.54, 1.807) is 0 Å². The minimum atomic E-state index is 0.516. The van der Waals surface area contributed by atoms with E-state index in [-0.39, 0.29) is 0 Å². The molecule has 5 heteroatoms. The van der Waals surface area contributed by atoms with Gasteiger partial charge < -0.3 is 14.2 Å². The van der Waals surface area contributed by atoms with Gasteiger partial charge in [0, 0.05) is 44.5 Å². The third-order valence-electron chi connectivity index (χ3n) is 5.43. The molecule has 0 bridgehead atoms. The van der Waals surface area contributed by atoms with E-state index in [9.17, 15) is 0 Å². The minimum absolute atomic E-state index is 0.516. The topological polar surface area (TPSA) is 43.2 Å². The van der Waals surface area contributed by atoms with Gasteiger partial charge in [0.15, 0.2) is 5.65 Å². The molecule has 0 radical (unpaired) electrons. The Bertz CT molecular complexity index is 654. The average molecular weight is 314 g/mol. The molecule has 2 aliphatic rings. The van der Waals surface area contributed by atoms with Gasteiger partial charge in [0.1, 0.15) is 11.3 Å². The molecule has 0 amide bonds. The van der Waals surface area contributed by atoms with E-state index in [0.717, 1.165) is 43.8 Å². The SMILES string of the molecule is CCN1CCC(n2c(C3CCOCC3)nc3cccnc32)CC1. The Kier molecular flexibility index (Phi) is 4.31. The van der Waals surface area contributed by atoms with Crippen molar-refractivity contribution < 1.29 is 4.74 Å². The first-order chi connectivity index (χ1) is 11.4. The number of imidazole rings is 1. The lowest BCUT2D eigenvalue weighted by Crippen LogP contribution is -2.35. The monoisotopic (exact) mass is 314 g/mol. The van der Waals surface area contributed by atoms with Gasteiger partial charge in [-0.25, -0.2) is 9.97 Å². The van der Waals surface area contributed by atoms with Gasteiger partial charge in [0.25, 0.3) is 0 Å². The first-order valence-electron chi connectivity index (χ1n) is 8.99. The highest BCUT2D eigenvalue weighted by atomic mass is 16.5. The molecule has 0 N–H and O–H groups in total. The third-order valence-corrected chi connectivity index (χ3v) is 5.43. The van der Waals surface area contributed by atoms with Crippen molar-refractivity contribution in [2.45, 2.75) is 44.6 Å². The smallest absolute Gasteiger partial charge is 0.160 e. The van der Waals surface area contributed by atoms with Crippen molar-refractivity contribution in [1.29, 1.82) is 0 Å². The summed E-state index contributed by atoms with van der Waals surface area (Å²) in [5.74, 6) is 1.76. The van der Waals surface area contributed by atoms with Crippen molar-refractivity contribution in [1.82, 2.24) is 19.4 Å². The molecule has 2 fully saturated rings. The summed E-state index contributed by atoms with van der Waals surface area (Å²) in [5, 5.41) is 0. The zero-order valence-corrected chi connectivity index (χ0v) is 13.9. The van der Waals surface area contributed by atoms with Crippen LogP contribution in [-0.2, 0) is 4.74 Å². The summed E-state index contributed by atoms with van der Waals surface area (Å²) >= 11 is 0. The van der Waals surface area contributed by atoms with Gasteiger partial charge >= 0.3 is 0 Å². The highest BCUT2D eigenvalue weighted by Crippen LogP contribution is 2.34. The number of ether oxygens (including phenoxy) is 1. The van der Waals surface area contributed by atoms with Gasteiger partial charge in [0.2, 0.25) is 0 Å². The lowest BCUT2D eigenvalue weighted by Gasteiger charge is -2.33. The highest BCUT2D eigenvalue weighted by Gasteiger charge is 2.28. The van der Waals surface area contributed by atoms with E-state index < -0.39 is 0 Å². The number of rotatable bonds is 3. The molecule has 0 saturated carbocycles. The Balaban J connectivity index is 1.71. The molecule has 2 aromatic heterocycles. The van der Waals surface area contributed by atoms with Crippen LogP contribution in [0.15, 0.2) is 18.3 Å². The molecule has 0 aliphatic carbocycles. The summed E-state index contributed by atoms with van der Waals surface area (Å²) in [6.07, 6.45) is 6.46. The predicted octanol–water partition coefficient (Wildman–Crippen LogP) is 2.98. The van der Waals surface area contributed by atoms with Gasteiger partial charge in [-0.1, -0.05) is 6.92 Å². The second-order valence-corrected chi connectivity index (χ2v) is 6.74. The summed E-state index contributed by atoms with van der Waals surface area (Å²) in [7, 11) is 0. The van der Waals surface area contributed by atoms with Crippen molar-refractivity contribution >= 4 is 11.2 Å². The van der Waals surface area contributed by atoms with Gasteiger partial charge in [-0.3, -0.25) is 0 Å². The number of nitrogens with zero attached hydrogens (tertiary/aromatic N) is 4. The Labute approximate surface area is 137 Å². The quantitative estimate of drug-likeness (QED) is 0.873. The normalized spacial score (nSPS) is 22.0. The van der Waals surface area contributed by atoms with E-state index >= 15 is 0 Å². The van der Waals surface area contributed by atoms with E-state index in [4.69, 9.17) is 9.72 Å². The van der Waals surface area contributed by atoms with Crippen LogP contribution in [0.2, 0.25) is 0 Å². The Morgan fingerprint density at radius 1 is 1.17 bits per heavy atom. The zero-order valence-electron chi connectivity index (χ0n) is 13.9. The van der Waals surface area contributed by atoms with Crippen molar-refractivity contribution in [3.8, 4) is 0 Å². The fraction of sp³-hybridized carbons (Fsp3) is 0.667. The summed E-state index contributed by atoms with van der Waals surface area (Å²) < 4.78 is 8.02. The van der Waals surface area contributed by atoms with Gasteiger partial charge in [-0.15, -0.1) is 0 Å². The Morgan fingerprint density at radius 2 is 1.96 bits per heavy atom. The fourth-order valence-corrected chi connectivity index (χ4v) is 4.04. The van der Waals surface area contributed by atoms with Crippen LogP contribution in [0.5, 0.6) is 0 Å². The molecule has 0 atom stereocenters. The second kappa shape index (κ2) is 6.57. The molecule has 23 heavy (non-hydrogen) atoms. The number of pyridine rings is 1. The average Bonchev–Trinajstić information content (AvgIpc) is 3.02. The van der Waals surface area contributed by atoms with Gasteiger partial charge in [0.05, 0.1) is 0 Å². The van der Waals surface area contributed by atoms with E-state index in [1.165, 1.54) is 31.8 Å². The number of piperidine rings is 1. The molecule has 5 nitrogen and oxygen atoms in total. The number of hydrogen-bond donors (Lipinski definition) is 0. The number of aromatic nitrogens is 3. The number of likely N-dealkylation sites (tertiary alicyclic amines) is 1. The molecule has 0 aromatic carbocycles. The molecule has 4 heterocycles. The first kappa shape index (κ1) is 15.1. The summed E-state index contributed by atoms with van der Waals surface area (Å²) in [5.41, 5.74) is 2.12. The molecular formula is C18H26N4O. The van der Waals surface area contributed by atoms with E-state index in [1.807, 2.05) is 12.3 Å². The summed E-state index contributed by atoms with van der Waals surface area (Å²) in [6, 6.07) is 4.63. The summed E-state index contributed by atoms with van der Waals surface area (Å²) in [6.45, 7) is 7.48. The lowest BCUT2D eigenvalue weighted by molar-refractivity contribution is 0.0819. The molecule has 0 spiro atoms. The van der Waals surface area contributed by atoms with Crippen LogP contribution in [0.1, 0.15) is 50.4 Å². The Morgan fingerprint density at radius 3 is 2.70 bits per heavy atom. The van der Waals surface area contributed by atoms with Crippen molar-refractivity contribution in [3.63, 3.8) is 0 Å². The van der Waals surface area contributed by atoms with Gasteiger partial charge in [-0.2, -0.15) is 0 Å². The van der Waals surface area contributed by atoms with Crippen LogP contribution in [0.3, 0.4) is 0 Å². The largest absolute Gasteiger partial charge is 0.381 e. The van der Waals surface area contributed by atoms with Crippen LogP contribution in [0, 0.1) is 0 Å².